The van der Waals surface area contributed by atoms with E-state index in [4.69, 9.17) is 16.3 Å². The SMILES string of the molecule is Cc1ccc(C#N)c(N2C[C@@H]3OC(=O)N(CCc4cccc(Cl)c4)[C@@H]3C2)n1. The maximum Gasteiger partial charge on any atom is 0.410 e. The number of rotatable bonds is 4. The number of benzene rings is 1. The monoisotopic (exact) mass is 382 g/mol. The summed E-state index contributed by atoms with van der Waals surface area (Å²) in [4.78, 5) is 20.6. The van der Waals surface area contributed by atoms with E-state index in [0.717, 1.165) is 11.3 Å². The van der Waals surface area contributed by atoms with Gasteiger partial charge in [0.05, 0.1) is 18.2 Å². The highest BCUT2D eigenvalue weighted by molar-refractivity contribution is 6.30. The van der Waals surface area contributed by atoms with E-state index in [1.807, 2.05) is 42.2 Å². The van der Waals surface area contributed by atoms with Crippen LogP contribution in [0, 0.1) is 18.3 Å². The second-order valence-corrected chi connectivity index (χ2v) is 7.34. The predicted molar refractivity (Wildman–Crippen MR) is 102 cm³/mol. The summed E-state index contributed by atoms with van der Waals surface area (Å²) >= 11 is 6.04. The number of hydrogen-bond acceptors (Lipinski definition) is 5. The molecule has 2 fully saturated rings. The van der Waals surface area contributed by atoms with E-state index in [-0.39, 0.29) is 18.2 Å². The summed E-state index contributed by atoms with van der Waals surface area (Å²) in [7, 11) is 0. The van der Waals surface area contributed by atoms with Gasteiger partial charge >= 0.3 is 6.09 Å². The molecule has 1 aromatic heterocycles. The molecule has 1 amide bonds. The van der Waals surface area contributed by atoms with Crippen molar-refractivity contribution in [2.24, 2.45) is 0 Å². The first-order valence-corrected chi connectivity index (χ1v) is 9.27. The number of amides is 1. The van der Waals surface area contributed by atoms with Gasteiger partial charge in [-0.15, -0.1) is 0 Å². The molecule has 0 N–H and O–H groups in total. The molecule has 3 heterocycles. The predicted octanol–water partition coefficient (Wildman–Crippen LogP) is 3.17. The maximum atomic E-state index is 12.3. The fourth-order valence-corrected chi connectivity index (χ4v) is 3.96. The standard InChI is InChI=1S/C20H19ClN4O2/c1-13-5-6-15(10-22)19(23-13)24-11-17-18(12-24)27-20(26)25(17)8-7-14-3-2-4-16(21)9-14/h2-6,9,17-18H,7-8,11-12H2,1H3/t17-,18+/m1/s1. The second-order valence-electron chi connectivity index (χ2n) is 6.90. The lowest BCUT2D eigenvalue weighted by Gasteiger charge is -2.23. The molecule has 0 aliphatic carbocycles. The summed E-state index contributed by atoms with van der Waals surface area (Å²) in [6.45, 7) is 3.63. The van der Waals surface area contributed by atoms with E-state index < -0.39 is 0 Å². The van der Waals surface area contributed by atoms with Crippen molar-refractivity contribution >= 4 is 23.5 Å². The smallest absolute Gasteiger partial charge is 0.410 e. The highest BCUT2D eigenvalue weighted by atomic mass is 35.5. The number of hydrogen-bond donors (Lipinski definition) is 0. The molecule has 7 heteroatoms. The average molecular weight is 383 g/mol. The lowest BCUT2D eigenvalue weighted by molar-refractivity contribution is 0.136. The summed E-state index contributed by atoms with van der Waals surface area (Å²) in [5.41, 5.74) is 2.48. The minimum Gasteiger partial charge on any atom is -0.442 e. The van der Waals surface area contributed by atoms with Crippen LogP contribution < -0.4 is 4.90 Å². The fourth-order valence-electron chi connectivity index (χ4n) is 3.75. The fraction of sp³-hybridized carbons (Fsp3) is 0.350. The van der Waals surface area contributed by atoms with Gasteiger partial charge < -0.3 is 9.64 Å². The lowest BCUT2D eigenvalue weighted by Crippen LogP contribution is -2.39. The third kappa shape index (κ3) is 3.43. The number of halogens is 1. The zero-order valence-electron chi connectivity index (χ0n) is 14.9. The third-order valence-corrected chi connectivity index (χ3v) is 5.32. The minimum atomic E-state index is -0.274. The van der Waals surface area contributed by atoms with E-state index in [1.54, 1.807) is 11.0 Å². The van der Waals surface area contributed by atoms with E-state index in [2.05, 4.69) is 11.1 Å². The zero-order valence-corrected chi connectivity index (χ0v) is 15.7. The Balaban J connectivity index is 1.49. The van der Waals surface area contributed by atoms with Gasteiger partial charge in [0.2, 0.25) is 0 Å². The van der Waals surface area contributed by atoms with Crippen LogP contribution in [-0.4, -0.2) is 47.8 Å². The Kier molecular flexibility index (Phi) is 4.63. The van der Waals surface area contributed by atoms with Crippen molar-refractivity contribution in [3.05, 3.63) is 58.2 Å². The second kappa shape index (κ2) is 7.09. The number of pyridine rings is 1. The summed E-state index contributed by atoms with van der Waals surface area (Å²) < 4.78 is 5.57. The molecule has 4 rings (SSSR count). The number of carbonyl (C=O) groups excluding carboxylic acids is 1. The Morgan fingerprint density at radius 2 is 2.19 bits per heavy atom. The van der Waals surface area contributed by atoms with Gasteiger partial charge in [-0.25, -0.2) is 9.78 Å². The first kappa shape index (κ1) is 17.6. The van der Waals surface area contributed by atoms with Crippen LogP contribution in [0.5, 0.6) is 0 Å². The van der Waals surface area contributed by atoms with Crippen LogP contribution in [0.4, 0.5) is 10.6 Å². The normalized spacial score (nSPS) is 21.1. The molecular weight excluding hydrogens is 364 g/mol. The first-order valence-electron chi connectivity index (χ1n) is 8.89. The lowest BCUT2D eigenvalue weighted by atomic mass is 10.1. The van der Waals surface area contributed by atoms with Crippen molar-refractivity contribution in [3.63, 3.8) is 0 Å². The molecule has 0 radical (unpaired) electrons. The van der Waals surface area contributed by atoms with Crippen molar-refractivity contribution in [2.75, 3.05) is 24.5 Å². The Bertz CT molecular complexity index is 926. The molecule has 0 spiro atoms. The summed E-state index contributed by atoms with van der Waals surface area (Å²) in [6.07, 6.45) is 0.237. The van der Waals surface area contributed by atoms with Crippen molar-refractivity contribution in [3.8, 4) is 6.07 Å². The quantitative estimate of drug-likeness (QED) is 0.812. The number of nitriles is 1. The molecule has 2 aliphatic rings. The molecule has 2 saturated heterocycles. The van der Waals surface area contributed by atoms with Gasteiger partial charge in [0.15, 0.2) is 0 Å². The van der Waals surface area contributed by atoms with Crippen LogP contribution in [-0.2, 0) is 11.2 Å². The van der Waals surface area contributed by atoms with Gasteiger partial charge in [0, 0.05) is 23.8 Å². The van der Waals surface area contributed by atoms with E-state index in [9.17, 15) is 10.1 Å². The highest BCUT2D eigenvalue weighted by Crippen LogP contribution is 2.31. The molecule has 27 heavy (non-hydrogen) atoms. The number of aromatic nitrogens is 1. The van der Waals surface area contributed by atoms with E-state index in [0.29, 0.717) is 42.5 Å². The van der Waals surface area contributed by atoms with Gasteiger partial charge in [0.1, 0.15) is 18.0 Å². The largest absolute Gasteiger partial charge is 0.442 e. The topological polar surface area (TPSA) is 69.5 Å². The van der Waals surface area contributed by atoms with Gasteiger partial charge in [-0.05, 0) is 43.2 Å². The third-order valence-electron chi connectivity index (χ3n) is 5.09. The first-order chi connectivity index (χ1) is 13.0. The summed E-state index contributed by atoms with van der Waals surface area (Å²) in [5.74, 6) is 0.665. The number of aryl methyl sites for hydroxylation is 1. The summed E-state index contributed by atoms with van der Waals surface area (Å²) in [5, 5.41) is 10.1. The molecule has 1 aromatic carbocycles. The highest BCUT2D eigenvalue weighted by Gasteiger charge is 2.48. The zero-order chi connectivity index (χ0) is 19.0. The molecule has 2 aliphatic heterocycles. The Labute approximate surface area is 162 Å². The number of anilines is 1. The van der Waals surface area contributed by atoms with Crippen molar-refractivity contribution in [2.45, 2.75) is 25.5 Å². The maximum absolute atomic E-state index is 12.3. The van der Waals surface area contributed by atoms with Crippen molar-refractivity contribution < 1.29 is 9.53 Å². The Hall–Kier alpha value is -2.78. The molecule has 0 bridgehead atoms. The molecule has 0 saturated carbocycles. The Morgan fingerprint density at radius 3 is 2.96 bits per heavy atom. The van der Waals surface area contributed by atoms with Crippen molar-refractivity contribution in [1.82, 2.24) is 9.88 Å². The Morgan fingerprint density at radius 1 is 1.33 bits per heavy atom. The van der Waals surface area contributed by atoms with Crippen LogP contribution in [0.3, 0.4) is 0 Å². The number of carbonyl (C=O) groups is 1. The van der Waals surface area contributed by atoms with Crippen LogP contribution >= 0.6 is 11.6 Å². The van der Waals surface area contributed by atoms with Gasteiger partial charge in [-0.3, -0.25) is 4.90 Å². The number of ether oxygens (including phenoxy) is 1. The van der Waals surface area contributed by atoms with Crippen LogP contribution in [0.2, 0.25) is 5.02 Å². The molecule has 2 aromatic rings. The van der Waals surface area contributed by atoms with Crippen LogP contribution in [0.1, 0.15) is 16.8 Å². The van der Waals surface area contributed by atoms with E-state index in [1.165, 1.54) is 0 Å². The molecule has 138 valence electrons. The minimum absolute atomic E-state index is 0.0365. The number of nitrogens with zero attached hydrogens (tertiary/aromatic N) is 4. The molecule has 6 nitrogen and oxygen atoms in total. The van der Waals surface area contributed by atoms with Gasteiger partial charge in [-0.2, -0.15) is 5.26 Å². The molecule has 2 atom stereocenters. The van der Waals surface area contributed by atoms with E-state index >= 15 is 0 Å². The number of fused-ring (bicyclic) bond motifs is 1. The van der Waals surface area contributed by atoms with Crippen LogP contribution in [0.25, 0.3) is 0 Å². The van der Waals surface area contributed by atoms with Gasteiger partial charge in [0.25, 0.3) is 0 Å². The van der Waals surface area contributed by atoms with Gasteiger partial charge in [-0.1, -0.05) is 23.7 Å². The van der Waals surface area contributed by atoms with Crippen molar-refractivity contribution in [1.29, 1.82) is 5.26 Å². The van der Waals surface area contributed by atoms with Crippen LogP contribution in [0.15, 0.2) is 36.4 Å². The molecular formula is C20H19ClN4O2. The molecule has 0 unspecified atom stereocenters. The average Bonchev–Trinajstić information content (AvgIpc) is 3.17. The summed E-state index contributed by atoms with van der Waals surface area (Å²) in [6, 6.07) is 13.4.